The smallest absolute Gasteiger partial charge is 0.229 e. The van der Waals surface area contributed by atoms with Crippen molar-refractivity contribution in [3.05, 3.63) is 54.1 Å². The zero-order valence-corrected chi connectivity index (χ0v) is 16.8. The molecule has 0 aromatic heterocycles. The van der Waals surface area contributed by atoms with Gasteiger partial charge in [0.25, 0.3) is 0 Å². The normalized spacial score (nSPS) is 19.5. The minimum atomic E-state index is -0.356. The van der Waals surface area contributed by atoms with E-state index in [1.54, 1.807) is 4.90 Å². The molecule has 2 aromatic carbocycles. The first kappa shape index (κ1) is 19.5. The molecule has 152 valence electrons. The number of nitrogens with one attached hydrogen (secondary N) is 1. The Morgan fingerprint density at radius 3 is 2.52 bits per heavy atom. The molecule has 2 fully saturated rings. The van der Waals surface area contributed by atoms with Crippen LogP contribution >= 0.6 is 0 Å². The predicted octanol–water partition coefficient (Wildman–Crippen LogP) is 3.08. The lowest BCUT2D eigenvalue weighted by Crippen LogP contribution is -2.38. The van der Waals surface area contributed by atoms with Gasteiger partial charge in [0.15, 0.2) is 0 Å². The number of ether oxygens (including phenoxy) is 1. The number of carbonyl (C=O) groups is 2. The SMILES string of the molecule is CCc1ccccc1NC(=O)C1CC(=O)N(c2ccccc2N2CCOCC2)C1. The number of morpholine rings is 1. The van der Waals surface area contributed by atoms with E-state index in [1.807, 2.05) is 48.5 Å². The Hall–Kier alpha value is -2.86. The molecular weight excluding hydrogens is 366 g/mol. The molecule has 0 aliphatic carbocycles. The van der Waals surface area contributed by atoms with Crippen LogP contribution in [0.3, 0.4) is 0 Å². The van der Waals surface area contributed by atoms with E-state index in [1.165, 1.54) is 0 Å². The van der Waals surface area contributed by atoms with E-state index in [-0.39, 0.29) is 24.2 Å². The Morgan fingerprint density at radius 2 is 1.76 bits per heavy atom. The third-order valence-electron chi connectivity index (χ3n) is 5.68. The third kappa shape index (κ3) is 4.12. The summed E-state index contributed by atoms with van der Waals surface area (Å²) in [5.41, 5.74) is 3.84. The van der Waals surface area contributed by atoms with Crippen LogP contribution in [0.5, 0.6) is 0 Å². The van der Waals surface area contributed by atoms with Gasteiger partial charge in [-0.05, 0) is 30.2 Å². The topological polar surface area (TPSA) is 61.9 Å². The predicted molar refractivity (Wildman–Crippen MR) is 114 cm³/mol. The van der Waals surface area contributed by atoms with E-state index in [4.69, 9.17) is 4.74 Å². The molecule has 4 rings (SSSR count). The van der Waals surface area contributed by atoms with Crippen LogP contribution in [0, 0.1) is 5.92 Å². The van der Waals surface area contributed by atoms with Crippen molar-refractivity contribution in [3.8, 4) is 0 Å². The van der Waals surface area contributed by atoms with Gasteiger partial charge < -0.3 is 19.9 Å². The Morgan fingerprint density at radius 1 is 1.07 bits per heavy atom. The summed E-state index contributed by atoms with van der Waals surface area (Å²) in [6.07, 6.45) is 1.08. The van der Waals surface area contributed by atoms with Gasteiger partial charge in [-0.3, -0.25) is 9.59 Å². The Labute approximate surface area is 171 Å². The Kier molecular flexibility index (Phi) is 5.81. The number of carbonyl (C=O) groups excluding carboxylic acids is 2. The molecule has 29 heavy (non-hydrogen) atoms. The van der Waals surface area contributed by atoms with Gasteiger partial charge in [0.1, 0.15) is 0 Å². The highest BCUT2D eigenvalue weighted by molar-refractivity contribution is 6.05. The summed E-state index contributed by atoms with van der Waals surface area (Å²) >= 11 is 0. The number of hydrogen-bond acceptors (Lipinski definition) is 4. The maximum atomic E-state index is 12.9. The first-order chi connectivity index (χ1) is 14.2. The van der Waals surface area contributed by atoms with E-state index in [0.717, 1.165) is 42.1 Å². The van der Waals surface area contributed by atoms with E-state index in [2.05, 4.69) is 17.1 Å². The fourth-order valence-corrected chi connectivity index (χ4v) is 4.07. The van der Waals surface area contributed by atoms with Crippen molar-refractivity contribution in [3.63, 3.8) is 0 Å². The number of hydrogen-bond donors (Lipinski definition) is 1. The molecule has 2 aliphatic rings. The van der Waals surface area contributed by atoms with E-state index in [0.29, 0.717) is 19.8 Å². The molecule has 2 saturated heterocycles. The van der Waals surface area contributed by atoms with Gasteiger partial charge in [-0.25, -0.2) is 0 Å². The number of para-hydroxylation sites is 3. The van der Waals surface area contributed by atoms with Crippen LogP contribution in [0.1, 0.15) is 18.9 Å². The zero-order valence-electron chi connectivity index (χ0n) is 16.8. The average molecular weight is 393 g/mol. The summed E-state index contributed by atoms with van der Waals surface area (Å²) in [6, 6.07) is 15.8. The van der Waals surface area contributed by atoms with Crippen LogP contribution in [0.4, 0.5) is 17.1 Å². The summed E-state index contributed by atoms with van der Waals surface area (Å²) in [4.78, 5) is 29.7. The maximum Gasteiger partial charge on any atom is 0.229 e. The zero-order chi connectivity index (χ0) is 20.2. The molecule has 2 amide bonds. The second-order valence-corrected chi connectivity index (χ2v) is 7.49. The van der Waals surface area contributed by atoms with Crippen molar-refractivity contribution in [1.82, 2.24) is 0 Å². The van der Waals surface area contributed by atoms with Gasteiger partial charge >= 0.3 is 0 Å². The Bertz CT molecular complexity index is 892. The van der Waals surface area contributed by atoms with Crippen molar-refractivity contribution >= 4 is 28.9 Å². The second-order valence-electron chi connectivity index (χ2n) is 7.49. The van der Waals surface area contributed by atoms with Crippen LogP contribution in [-0.2, 0) is 20.7 Å². The van der Waals surface area contributed by atoms with E-state index < -0.39 is 0 Å². The van der Waals surface area contributed by atoms with Crippen LogP contribution in [-0.4, -0.2) is 44.7 Å². The second kappa shape index (κ2) is 8.66. The molecule has 0 saturated carbocycles. The largest absolute Gasteiger partial charge is 0.378 e. The number of anilines is 3. The molecule has 1 unspecified atom stereocenters. The molecule has 6 heteroatoms. The molecule has 0 radical (unpaired) electrons. The Balaban J connectivity index is 1.50. The fourth-order valence-electron chi connectivity index (χ4n) is 4.07. The molecule has 1 N–H and O–H groups in total. The minimum absolute atomic E-state index is 0.00497. The molecule has 6 nitrogen and oxygen atoms in total. The van der Waals surface area contributed by atoms with Gasteiger partial charge in [0, 0.05) is 31.7 Å². The van der Waals surface area contributed by atoms with Crippen molar-refractivity contribution in [2.75, 3.05) is 48.0 Å². The highest BCUT2D eigenvalue weighted by Gasteiger charge is 2.36. The third-order valence-corrected chi connectivity index (χ3v) is 5.68. The molecular formula is C23H27N3O3. The maximum absolute atomic E-state index is 12.9. The van der Waals surface area contributed by atoms with Crippen LogP contribution < -0.4 is 15.1 Å². The van der Waals surface area contributed by atoms with Gasteiger partial charge in [-0.2, -0.15) is 0 Å². The molecule has 2 aliphatic heterocycles. The van der Waals surface area contributed by atoms with E-state index in [9.17, 15) is 9.59 Å². The van der Waals surface area contributed by atoms with Crippen molar-refractivity contribution < 1.29 is 14.3 Å². The van der Waals surface area contributed by atoms with Gasteiger partial charge in [-0.15, -0.1) is 0 Å². The minimum Gasteiger partial charge on any atom is -0.378 e. The van der Waals surface area contributed by atoms with Gasteiger partial charge in [0.2, 0.25) is 11.8 Å². The summed E-state index contributed by atoms with van der Waals surface area (Å²) in [5.74, 6) is -0.453. The number of nitrogens with zero attached hydrogens (tertiary/aromatic N) is 2. The fraction of sp³-hybridized carbons (Fsp3) is 0.391. The first-order valence-corrected chi connectivity index (χ1v) is 10.3. The van der Waals surface area contributed by atoms with Crippen molar-refractivity contribution in [1.29, 1.82) is 0 Å². The number of amides is 2. The van der Waals surface area contributed by atoms with Crippen LogP contribution in [0.2, 0.25) is 0 Å². The average Bonchev–Trinajstić information content (AvgIpc) is 3.16. The molecule has 2 aromatic rings. The molecule has 2 heterocycles. The lowest BCUT2D eigenvalue weighted by molar-refractivity contribution is -0.122. The molecule has 1 atom stereocenters. The van der Waals surface area contributed by atoms with E-state index >= 15 is 0 Å². The van der Waals surface area contributed by atoms with Gasteiger partial charge in [-0.1, -0.05) is 37.3 Å². The summed E-state index contributed by atoms with van der Waals surface area (Å²) in [7, 11) is 0. The van der Waals surface area contributed by atoms with Gasteiger partial charge in [0.05, 0.1) is 30.5 Å². The standard InChI is InChI=1S/C23H27N3O3/c1-2-17-7-3-4-8-19(17)24-23(28)18-15-22(27)26(16-18)21-10-6-5-9-20(21)25-11-13-29-14-12-25/h3-10,18H,2,11-16H2,1H3,(H,24,28). The summed E-state index contributed by atoms with van der Waals surface area (Å²) in [5, 5.41) is 3.03. The monoisotopic (exact) mass is 393 g/mol. The molecule has 0 spiro atoms. The lowest BCUT2D eigenvalue weighted by atomic mass is 10.1. The van der Waals surface area contributed by atoms with Crippen molar-refractivity contribution in [2.24, 2.45) is 5.92 Å². The number of rotatable bonds is 5. The molecule has 0 bridgehead atoms. The highest BCUT2D eigenvalue weighted by atomic mass is 16.5. The quantitative estimate of drug-likeness (QED) is 0.848. The number of benzene rings is 2. The summed E-state index contributed by atoms with van der Waals surface area (Å²) < 4.78 is 5.46. The van der Waals surface area contributed by atoms with Crippen LogP contribution in [0.25, 0.3) is 0 Å². The number of aryl methyl sites for hydroxylation is 1. The van der Waals surface area contributed by atoms with Crippen molar-refractivity contribution in [2.45, 2.75) is 19.8 Å². The lowest BCUT2D eigenvalue weighted by Gasteiger charge is -2.32. The summed E-state index contributed by atoms with van der Waals surface area (Å²) in [6.45, 7) is 5.44. The first-order valence-electron chi connectivity index (χ1n) is 10.3. The van der Waals surface area contributed by atoms with Crippen LogP contribution in [0.15, 0.2) is 48.5 Å². The highest BCUT2D eigenvalue weighted by Crippen LogP contribution is 2.34.